The van der Waals surface area contributed by atoms with Gasteiger partial charge in [-0.15, -0.1) is 0 Å². The number of piperidine rings is 2. The molecule has 0 unspecified atom stereocenters. The van der Waals surface area contributed by atoms with Gasteiger partial charge in [0.1, 0.15) is 23.9 Å². The summed E-state index contributed by atoms with van der Waals surface area (Å²) < 4.78 is 6.35. The maximum atomic E-state index is 10.8. The van der Waals surface area contributed by atoms with Crippen molar-refractivity contribution in [3.63, 3.8) is 0 Å². The second-order valence-electron chi connectivity index (χ2n) is 10.0. The lowest BCUT2D eigenvalue weighted by Crippen LogP contribution is -2.51. The van der Waals surface area contributed by atoms with Crippen LogP contribution in [0, 0.1) is 0 Å². The Bertz CT molecular complexity index is 725. The summed E-state index contributed by atoms with van der Waals surface area (Å²) in [5, 5.41) is 7.10. The minimum absolute atomic E-state index is 0.0289. The summed E-state index contributed by atoms with van der Waals surface area (Å²) in [7, 11) is 2.04. The molecule has 0 bridgehead atoms. The number of likely N-dealkylation sites (tertiary alicyclic amines) is 1. The predicted octanol–water partition coefficient (Wildman–Crippen LogP) is 4.55. The fraction of sp³-hybridized carbons (Fsp3) is 0.714. The Morgan fingerprint density at radius 1 is 1.11 bits per heavy atom. The second kappa shape index (κ2) is 17.1. The molecule has 0 radical (unpaired) electrons. The summed E-state index contributed by atoms with van der Waals surface area (Å²) in [6, 6.07) is 7.19. The van der Waals surface area contributed by atoms with E-state index in [-0.39, 0.29) is 5.60 Å². The van der Waals surface area contributed by atoms with Crippen molar-refractivity contribution < 1.29 is 14.3 Å². The van der Waals surface area contributed by atoms with Crippen LogP contribution >= 0.6 is 12.6 Å². The van der Waals surface area contributed by atoms with Crippen molar-refractivity contribution in [3.8, 4) is 5.75 Å². The number of nitrogens with one attached hydrogen (secondary N) is 2. The largest absolute Gasteiger partial charge is 0.487 e. The number of aldehydes is 2. The molecule has 200 valence electrons. The van der Waals surface area contributed by atoms with E-state index in [0.29, 0.717) is 11.3 Å². The Hall–Kier alpha value is -1.41. The molecule has 0 aromatic heterocycles. The topological polar surface area (TPSA) is 70.7 Å². The lowest BCUT2D eigenvalue weighted by atomic mass is 9.82. The van der Waals surface area contributed by atoms with Crippen LogP contribution in [0.5, 0.6) is 5.75 Å². The van der Waals surface area contributed by atoms with Crippen LogP contribution in [0.4, 0.5) is 0 Å². The van der Waals surface area contributed by atoms with Crippen molar-refractivity contribution in [2.75, 3.05) is 33.2 Å². The smallest absolute Gasteiger partial charge is 0.150 e. The molecule has 6 nitrogen and oxygen atoms in total. The Labute approximate surface area is 219 Å². The van der Waals surface area contributed by atoms with E-state index in [1.807, 2.05) is 39.1 Å². The molecule has 3 aliphatic rings. The minimum atomic E-state index is 0.0289. The number of rotatable bonds is 3. The van der Waals surface area contributed by atoms with Crippen molar-refractivity contribution >= 4 is 25.2 Å². The minimum Gasteiger partial charge on any atom is -0.487 e. The first-order chi connectivity index (χ1) is 16.7. The second-order valence-corrected chi connectivity index (χ2v) is 11.1. The molecule has 2 fully saturated rings. The summed E-state index contributed by atoms with van der Waals surface area (Å²) in [6.07, 6.45) is 8.56. The van der Waals surface area contributed by atoms with E-state index in [9.17, 15) is 4.79 Å². The number of ether oxygens (including phenoxy) is 1. The zero-order valence-corrected chi connectivity index (χ0v) is 23.7. The summed E-state index contributed by atoms with van der Waals surface area (Å²) in [5.74, 6) is 0.986. The number of benzene rings is 1. The Balaban J connectivity index is 0.000000336. The highest BCUT2D eigenvalue weighted by molar-refractivity contribution is 7.80. The molecular formula is C28H49N3O3S. The molecule has 1 spiro atoms. The molecule has 4 rings (SSSR count). The molecule has 0 amide bonds. The number of fused-ring (bicyclic) bond motifs is 1. The van der Waals surface area contributed by atoms with Crippen molar-refractivity contribution in [2.45, 2.75) is 96.1 Å². The highest BCUT2D eigenvalue weighted by Crippen LogP contribution is 2.39. The molecule has 0 atom stereocenters. The van der Waals surface area contributed by atoms with Crippen LogP contribution in [0.25, 0.3) is 0 Å². The summed E-state index contributed by atoms with van der Waals surface area (Å²) >= 11 is 3.97. The van der Waals surface area contributed by atoms with Crippen molar-refractivity contribution in [1.82, 2.24) is 15.5 Å². The summed E-state index contributed by atoms with van der Waals surface area (Å²) in [6.45, 7) is 14.6. The van der Waals surface area contributed by atoms with Gasteiger partial charge in [0.05, 0.1) is 0 Å². The standard InChI is InChI=1S/C17H23NO2.C6H14N2.C3H8S.C2H4O/c1-13(2)18-9-7-17(8-10-18)6-5-15-11-14(12-19)3-4-16(15)20-17;1-7-6-2-4-8-5-3-6;1-3(2)4;1-2-3/h3-4,11-13H,5-10H2,1-2H3;6-8H,2-5H2,1H3;3-4H,1-2H3;2H,1H3. The number of hydrogen-bond acceptors (Lipinski definition) is 7. The molecule has 2 N–H and O–H groups in total. The zero-order chi connectivity index (χ0) is 26.3. The number of hydrogen-bond donors (Lipinski definition) is 3. The van der Waals surface area contributed by atoms with Gasteiger partial charge in [0.25, 0.3) is 0 Å². The number of nitrogens with zero attached hydrogens (tertiary/aromatic N) is 1. The predicted molar refractivity (Wildman–Crippen MR) is 150 cm³/mol. The van der Waals surface area contributed by atoms with Crippen LogP contribution in [0.15, 0.2) is 18.2 Å². The van der Waals surface area contributed by atoms with E-state index in [0.717, 1.165) is 68.7 Å². The van der Waals surface area contributed by atoms with Crippen LogP contribution in [-0.2, 0) is 11.2 Å². The van der Waals surface area contributed by atoms with Crippen molar-refractivity contribution in [2.24, 2.45) is 0 Å². The van der Waals surface area contributed by atoms with Gasteiger partial charge in [0.2, 0.25) is 0 Å². The van der Waals surface area contributed by atoms with Crippen LogP contribution in [0.3, 0.4) is 0 Å². The van der Waals surface area contributed by atoms with E-state index in [2.05, 4.69) is 42.0 Å². The molecule has 2 saturated heterocycles. The van der Waals surface area contributed by atoms with Crippen LogP contribution in [-0.4, -0.2) is 73.6 Å². The fourth-order valence-electron chi connectivity index (χ4n) is 4.52. The van der Waals surface area contributed by atoms with Crippen molar-refractivity contribution in [3.05, 3.63) is 29.3 Å². The lowest BCUT2D eigenvalue weighted by molar-refractivity contribution is -0.106. The normalized spacial score (nSPS) is 19.1. The van der Waals surface area contributed by atoms with Crippen LogP contribution in [0.1, 0.15) is 82.6 Å². The monoisotopic (exact) mass is 507 g/mol. The average molecular weight is 508 g/mol. The SMILES string of the molecule is CC(C)N1CCC2(CCc3cc(C=O)ccc3O2)CC1.CC(C)S.CC=O.CNC1CCNCC1. The number of carbonyl (C=O) groups is 2. The first-order valence-corrected chi connectivity index (χ1v) is 13.7. The highest BCUT2D eigenvalue weighted by Gasteiger charge is 2.39. The first-order valence-electron chi connectivity index (χ1n) is 13.2. The van der Waals surface area contributed by atoms with Gasteiger partial charge in [-0.25, -0.2) is 0 Å². The Kier molecular flexibility index (Phi) is 15.5. The first kappa shape index (κ1) is 31.6. The van der Waals surface area contributed by atoms with E-state index < -0.39 is 0 Å². The van der Waals surface area contributed by atoms with Crippen LogP contribution in [0.2, 0.25) is 0 Å². The molecule has 7 heteroatoms. The molecule has 3 aliphatic heterocycles. The molecule has 1 aromatic rings. The third-order valence-corrected chi connectivity index (χ3v) is 6.58. The summed E-state index contributed by atoms with van der Waals surface area (Å²) in [5.41, 5.74) is 1.96. The van der Waals surface area contributed by atoms with Gasteiger partial charge >= 0.3 is 0 Å². The summed E-state index contributed by atoms with van der Waals surface area (Å²) in [4.78, 5) is 22.2. The van der Waals surface area contributed by atoms with E-state index >= 15 is 0 Å². The van der Waals surface area contributed by atoms with E-state index in [4.69, 9.17) is 9.53 Å². The lowest BCUT2D eigenvalue weighted by Gasteiger charge is -2.45. The van der Waals surface area contributed by atoms with Gasteiger partial charge in [0, 0.05) is 30.7 Å². The fourth-order valence-corrected chi connectivity index (χ4v) is 4.52. The van der Waals surface area contributed by atoms with Gasteiger partial charge in [-0.05, 0) is 108 Å². The number of aryl methyl sites for hydroxylation is 1. The van der Waals surface area contributed by atoms with Crippen LogP contribution < -0.4 is 15.4 Å². The van der Waals surface area contributed by atoms with Crippen molar-refractivity contribution in [1.29, 1.82) is 0 Å². The van der Waals surface area contributed by atoms with Gasteiger partial charge in [-0.2, -0.15) is 12.6 Å². The third-order valence-electron chi connectivity index (χ3n) is 6.58. The number of carbonyl (C=O) groups excluding carboxylic acids is 2. The highest BCUT2D eigenvalue weighted by atomic mass is 32.1. The maximum absolute atomic E-state index is 10.8. The maximum Gasteiger partial charge on any atom is 0.150 e. The van der Waals surface area contributed by atoms with Gasteiger partial charge in [-0.1, -0.05) is 13.8 Å². The third kappa shape index (κ3) is 11.9. The molecule has 0 aliphatic carbocycles. The van der Waals surface area contributed by atoms with E-state index in [1.165, 1.54) is 38.4 Å². The molecule has 3 heterocycles. The Morgan fingerprint density at radius 3 is 2.14 bits per heavy atom. The zero-order valence-electron chi connectivity index (χ0n) is 22.8. The molecular weight excluding hydrogens is 458 g/mol. The average Bonchev–Trinajstić information content (AvgIpc) is 2.85. The molecule has 35 heavy (non-hydrogen) atoms. The number of thiol groups is 1. The quantitative estimate of drug-likeness (QED) is 0.412. The van der Waals surface area contributed by atoms with Gasteiger partial charge in [0.15, 0.2) is 0 Å². The van der Waals surface area contributed by atoms with E-state index in [1.54, 1.807) is 0 Å². The molecule has 1 aromatic carbocycles. The van der Waals surface area contributed by atoms with Gasteiger partial charge in [-0.3, -0.25) is 4.79 Å². The van der Waals surface area contributed by atoms with Gasteiger partial charge < -0.3 is 25.1 Å². The molecule has 0 saturated carbocycles. The Morgan fingerprint density at radius 2 is 1.69 bits per heavy atom.